The summed E-state index contributed by atoms with van der Waals surface area (Å²) in [6.07, 6.45) is -0.0110. The zero-order valence-electron chi connectivity index (χ0n) is 8.86. The van der Waals surface area contributed by atoms with Gasteiger partial charge in [0.05, 0.1) is 24.8 Å². The van der Waals surface area contributed by atoms with Crippen LogP contribution in [0, 0.1) is 11.3 Å². The molecule has 1 aromatic carbocycles. The fraction of sp³-hybridized carbons (Fsp3) is 0.273. The number of anilines is 1. The van der Waals surface area contributed by atoms with Gasteiger partial charge in [-0.25, -0.2) is 0 Å². The zero-order valence-corrected chi connectivity index (χ0v) is 8.86. The van der Waals surface area contributed by atoms with E-state index in [-0.39, 0.29) is 13.0 Å². The number of aliphatic carboxylic acids is 1. The lowest BCUT2D eigenvalue weighted by Gasteiger charge is -2.11. The van der Waals surface area contributed by atoms with Gasteiger partial charge in [-0.05, 0) is 12.1 Å². The van der Waals surface area contributed by atoms with Crippen LogP contribution in [0.5, 0.6) is 5.75 Å². The summed E-state index contributed by atoms with van der Waals surface area (Å²) in [5, 5.41) is 20.3. The average Bonchev–Trinajstić information content (AvgIpc) is 2.28. The molecule has 0 amide bonds. The summed E-state index contributed by atoms with van der Waals surface area (Å²) in [5.74, 6) is -0.356. The fourth-order valence-corrected chi connectivity index (χ4v) is 1.27. The predicted octanol–water partition coefficient (Wildman–Crippen LogP) is 1.45. The van der Waals surface area contributed by atoms with Crippen molar-refractivity contribution in [2.45, 2.75) is 6.42 Å². The van der Waals surface area contributed by atoms with Crippen molar-refractivity contribution < 1.29 is 14.6 Å². The maximum atomic E-state index is 10.4. The normalized spacial score (nSPS) is 9.25. The number of methoxy groups -OCH3 is 1. The van der Waals surface area contributed by atoms with Crippen molar-refractivity contribution in [3.63, 3.8) is 0 Å². The molecule has 0 unspecified atom stereocenters. The van der Waals surface area contributed by atoms with Gasteiger partial charge in [0.15, 0.2) is 0 Å². The SMILES string of the molecule is COc1cccc(C#N)c1NCCC(=O)O. The number of carboxylic acids is 1. The Morgan fingerprint density at radius 3 is 2.94 bits per heavy atom. The van der Waals surface area contributed by atoms with E-state index in [9.17, 15) is 4.79 Å². The van der Waals surface area contributed by atoms with E-state index in [1.54, 1.807) is 18.2 Å². The molecule has 0 aliphatic rings. The topological polar surface area (TPSA) is 82.3 Å². The van der Waals surface area contributed by atoms with Gasteiger partial charge in [-0.1, -0.05) is 6.07 Å². The number of nitrogens with zero attached hydrogens (tertiary/aromatic N) is 1. The molecule has 84 valence electrons. The standard InChI is InChI=1S/C11H12N2O3/c1-16-9-4-2-3-8(7-12)11(9)13-6-5-10(14)15/h2-4,13H,5-6H2,1H3,(H,14,15). The number of carboxylic acid groups (broad SMARTS) is 1. The maximum absolute atomic E-state index is 10.4. The van der Waals surface area contributed by atoms with Gasteiger partial charge in [0.1, 0.15) is 11.8 Å². The highest BCUT2D eigenvalue weighted by Gasteiger charge is 2.08. The second kappa shape index (κ2) is 5.61. The van der Waals surface area contributed by atoms with Crippen LogP contribution in [0.25, 0.3) is 0 Å². The van der Waals surface area contributed by atoms with E-state index in [0.29, 0.717) is 17.0 Å². The van der Waals surface area contributed by atoms with E-state index in [1.807, 2.05) is 6.07 Å². The van der Waals surface area contributed by atoms with E-state index >= 15 is 0 Å². The number of ether oxygens (including phenoxy) is 1. The lowest BCUT2D eigenvalue weighted by atomic mass is 10.1. The number of rotatable bonds is 5. The molecule has 0 fully saturated rings. The van der Waals surface area contributed by atoms with Gasteiger partial charge >= 0.3 is 5.97 Å². The van der Waals surface area contributed by atoms with Crippen molar-refractivity contribution in [3.05, 3.63) is 23.8 Å². The Balaban J connectivity index is 2.84. The molecule has 5 heteroatoms. The lowest BCUT2D eigenvalue weighted by molar-refractivity contribution is -0.136. The largest absolute Gasteiger partial charge is 0.495 e. The smallest absolute Gasteiger partial charge is 0.305 e. The minimum atomic E-state index is -0.888. The summed E-state index contributed by atoms with van der Waals surface area (Å²) in [6.45, 7) is 0.254. The third-order valence-electron chi connectivity index (χ3n) is 2.01. The Bertz CT molecular complexity index is 424. The summed E-state index contributed by atoms with van der Waals surface area (Å²) >= 11 is 0. The summed E-state index contributed by atoms with van der Waals surface area (Å²) in [6, 6.07) is 7.08. The minimum absolute atomic E-state index is 0.0110. The monoisotopic (exact) mass is 220 g/mol. The number of hydrogen-bond donors (Lipinski definition) is 2. The highest BCUT2D eigenvalue weighted by atomic mass is 16.5. The van der Waals surface area contributed by atoms with Crippen LogP contribution in [0.2, 0.25) is 0 Å². The molecule has 16 heavy (non-hydrogen) atoms. The second-order valence-electron chi connectivity index (χ2n) is 3.07. The first-order chi connectivity index (χ1) is 7.69. The molecule has 0 bridgehead atoms. The molecule has 1 rings (SSSR count). The van der Waals surface area contributed by atoms with Crippen LogP contribution < -0.4 is 10.1 Å². The number of hydrogen-bond acceptors (Lipinski definition) is 4. The molecule has 0 saturated heterocycles. The van der Waals surface area contributed by atoms with Gasteiger partial charge in [0.2, 0.25) is 0 Å². The molecule has 0 spiro atoms. The van der Waals surface area contributed by atoms with Crippen LogP contribution >= 0.6 is 0 Å². The Labute approximate surface area is 93.3 Å². The summed E-state index contributed by atoms with van der Waals surface area (Å²) in [4.78, 5) is 10.4. The summed E-state index contributed by atoms with van der Waals surface area (Å²) in [7, 11) is 1.50. The Morgan fingerprint density at radius 2 is 2.38 bits per heavy atom. The molecule has 1 aromatic rings. The highest BCUT2D eigenvalue weighted by Crippen LogP contribution is 2.27. The van der Waals surface area contributed by atoms with Crippen LogP contribution in [0.1, 0.15) is 12.0 Å². The number of nitriles is 1. The molecule has 2 N–H and O–H groups in total. The molecule has 0 atom stereocenters. The van der Waals surface area contributed by atoms with E-state index in [2.05, 4.69) is 5.32 Å². The Hall–Kier alpha value is -2.22. The van der Waals surface area contributed by atoms with Gasteiger partial charge in [-0.15, -0.1) is 0 Å². The van der Waals surface area contributed by atoms with Crippen LogP contribution in [0.15, 0.2) is 18.2 Å². The van der Waals surface area contributed by atoms with Crippen molar-refractivity contribution in [3.8, 4) is 11.8 Å². The van der Waals surface area contributed by atoms with Gasteiger partial charge in [0, 0.05) is 6.54 Å². The van der Waals surface area contributed by atoms with Crippen molar-refractivity contribution >= 4 is 11.7 Å². The zero-order chi connectivity index (χ0) is 12.0. The predicted molar refractivity (Wildman–Crippen MR) is 58.5 cm³/mol. The van der Waals surface area contributed by atoms with Crippen LogP contribution in [0.4, 0.5) is 5.69 Å². The summed E-state index contributed by atoms with van der Waals surface area (Å²) in [5.41, 5.74) is 0.971. The molecule has 0 aromatic heterocycles. The van der Waals surface area contributed by atoms with Crippen LogP contribution in [-0.2, 0) is 4.79 Å². The number of nitrogens with one attached hydrogen (secondary N) is 1. The van der Waals surface area contributed by atoms with Crippen molar-refractivity contribution in [1.29, 1.82) is 5.26 Å². The number of carbonyl (C=O) groups is 1. The third-order valence-corrected chi connectivity index (χ3v) is 2.01. The summed E-state index contributed by atoms with van der Waals surface area (Å²) < 4.78 is 5.08. The maximum Gasteiger partial charge on any atom is 0.305 e. The van der Waals surface area contributed by atoms with Crippen molar-refractivity contribution in [2.75, 3.05) is 19.0 Å². The molecular formula is C11H12N2O3. The fourth-order valence-electron chi connectivity index (χ4n) is 1.27. The van der Waals surface area contributed by atoms with Crippen molar-refractivity contribution in [1.82, 2.24) is 0 Å². The molecule has 0 aliphatic carbocycles. The second-order valence-corrected chi connectivity index (χ2v) is 3.07. The molecule has 5 nitrogen and oxygen atoms in total. The quantitative estimate of drug-likeness (QED) is 0.784. The highest BCUT2D eigenvalue weighted by molar-refractivity contribution is 5.69. The molecular weight excluding hydrogens is 208 g/mol. The van der Waals surface area contributed by atoms with Crippen LogP contribution in [-0.4, -0.2) is 24.7 Å². The van der Waals surface area contributed by atoms with E-state index in [4.69, 9.17) is 15.1 Å². The minimum Gasteiger partial charge on any atom is -0.495 e. The Morgan fingerprint density at radius 1 is 1.62 bits per heavy atom. The van der Waals surface area contributed by atoms with E-state index in [1.165, 1.54) is 7.11 Å². The van der Waals surface area contributed by atoms with Crippen molar-refractivity contribution in [2.24, 2.45) is 0 Å². The van der Waals surface area contributed by atoms with E-state index < -0.39 is 5.97 Å². The Kier molecular flexibility index (Phi) is 4.16. The molecule has 0 aliphatic heterocycles. The number of para-hydroxylation sites is 1. The average molecular weight is 220 g/mol. The third kappa shape index (κ3) is 2.89. The molecule has 0 saturated carbocycles. The lowest BCUT2D eigenvalue weighted by Crippen LogP contribution is -2.09. The number of benzene rings is 1. The molecule has 0 radical (unpaired) electrons. The first-order valence-electron chi connectivity index (χ1n) is 4.71. The van der Waals surface area contributed by atoms with Gasteiger partial charge in [-0.3, -0.25) is 4.79 Å². The molecule has 0 heterocycles. The van der Waals surface area contributed by atoms with Gasteiger partial charge in [0.25, 0.3) is 0 Å². The van der Waals surface area contributed by atoms with Crippen LogP contribution in [0.3, 0.4) is 0 Å². The first-order valence-corrected chi connectivity index (χ1v) is 4.71. The van der Waals surface area contributed by atoms with Gasteiger partial charge < -0.3 is 15.2 Å². The van der Waals surface area contributed by atoms with E-state index in [0.717, 1.165) is 0 Å². The first kappa shape index (κ1) is 11.9. The van der Waals surface area contributed by atoms with Gasteiger partial charge in [-0.2, -0.15) is 5.26 Å².